The van der Waals surface area contributed by atoms with Crippen LogP contribution >= 0.6 is 0 Å². The fraction of sp³-hybridized carbons (Fsp3) is 0.125. The number of aromatic hydroxyl groups is 1. The average molecular weight is 475 g/mol. The van der Waals surface area contributed by atoms with E-state index in [2.05, 4.69) is 25.3 Å². The number of anilines is 1. The second-order valence-electron chi connectivity index (χ2n) is 7.45. The van der Waals surface area contributed by atoms with Crippen LogP contribution in [0.4, 0.5) is 10.5 Å². The molecule has 1 unspecified atom stereocenters. The third-order valence-electron chi connectivity index (χ3n) is 5.07. The minimum Gasteiger partial charge on any atom is -0.501 e. The van der Waals surface area contributed by atoms with Crippen LogP contribution in [-0.2, 0) is 18.4 Å². The van der Waals surface area contributed by atoms with Gasteiger partial charge in [0.25, 0.3) is 11.5 Å². The van der Waals surface area contributed by atoms with E-state index in [4.69, 9.17) is 4.74 Å². The summed E-state index contributed by atoms with van der Waals surface area (Å²) in [5.41, 5.74) is 0.181. The summed E-state index contributed by atoms with van der Waals surface area (Å²) in [7, 11) is 1.37. The van der Waals surface area contributed by atoms with Crippen LogP contribution in [0.2, 0.25) is 0 Å². The van der Waals surface area contributed by atoms with E-state index in [0.717, 1.165) is 10.1 Å². The lowest BCUT2D eigenvalue weighted by Gasteiger charge is -2.21. The number of rotatable bonds is 7. The number of hydrogen-bond acceptors (Lipinski definition) is 8. The molecule has 2 amide bonds. The highest BCUT2D eigenvalue weighted by Crippen LogP contribution is 2.22. The monoisotopic (exact) mass is 475 g/mol. The van der Waals surface area contributed by atoms with Gasteiger partial charge in [-0.05, 0) is 11.1 Å². The van der Waals surface area contributed by atoms with Crippen LogP contribution in [0, 0.1) is 0 Å². The Balaban J connectivity index is 1.67. The fourth-order valence-corrected chi connectivity index (χ4v) is 3.31. The molecule has 0 spiro atoms. The lowest BCUT2D eigenvalue weighted by Crippen LogP contribution is -2.36. The zero-order valence-electron chi connectivity index (χ0n) is 18.5. The predicted molar refractivity (Wildman–Crippen MR) is 124 cm³/mol. The highest BCUT2D eigenvalue weighted by Gasteiger charge is 2.27. The third kappa shape index (κ3) is 5.36. The van der Waals surface area contributed by atoms with Gasteiger partial charge < -0.3 is 25.0 Å². The maximum atomic E-state index is 12.8. The zero-order valence-corrected chi connectivity index (χ0v) is 18.5. The van der Waals surface area contributed by atoms with Crippen molar-refractivity contribution in [1.29, 1.82) is 0 Å². The number of carbonyl (C=O) groups is 2. The third-order valence-corrected chi connectivity index (χ3v) is 5.07. The SMILES string of the molecule is Cn1c(C(NC(=O)OCc2ccccc2)c2ccccc2)nc(C(=O)Nc2cnoc2)c(O)c1=O. The van der Waals surface area contributed by atoms with E-state index < -0.39 is 35.0 Å². The smallest absolute Gasteiger partial charge is 0.408 e. The average Bonchev–Trinajstić information content (AvgIpc) is 3.39. The number of hydrogen-bond donors (Lipinski definition) is 3. The summed E-state index contributed by atoms with van der Waals surface area (Å²) in [6.45, 7) is 0.0303. The van der Waals surface area contributed by atoms with E-state index in [-0.39, 0.29) is 18.1 Å². The Morgan fingerprint density at radius 1 is 1.11 bits per heavy atom. The Morgan fingerprint density at radius 2 is 1.80 bits per heavy atom. The van der Waals surface area contributed by atoms with Gasteiger partial charge in [-0.3, -0.25) is 14.2 Å². The molecule has 178 valence electrons. The minimum atomic E-state index is -0.972. The molecule has 0 aliphatic carbocycles. The molecule has 11 nitrogen and oxygen atoms in total. The van der Waals surface area contributed by atoms with E-state index in [1.165, 1.54) is 19.5 Å². The van der Waals surface area contributed by atoms with Crippen molar-refractivity contribution < 1.29 is 24.0 Å². The van der Waals surface area contributed by atoms with E-state index >= 15 is 0 Å². The lowest BCUT2D eigenvalue weighted by atomic mass is 10.1. The van der Waals surface area contributed by atoms with Gasteiger partial charge in [-0.15, -0.1) is 0 Å². The summed E-state index contributed by atoms with van der Waals surface area (Å²) < 4.78 is 11.1. The topological polar surface area (TPSA) is 149 Å². The molecule has 11 heteroatoms. The van der Waals surface area contributed by atoms with Crippen LogP contribution in [-0.4, -0.2) is 31.8 Å². The fourth-order valence-electron chi connectivity index (χ4n) is 3.31. The molecule has 2 heterocycles. The molecule has 4 rings (SSSR count). The van der Waals surface area contributed by atoms with E-state index in [1.54, 1.807) is 30.3 Å². The van der Waals surface area contributed by atoms with Crippen LogP contribution in [0.25, 0.3) is 0 Å². The predicted octanol–water partition coefficient (Wildman–Crippen LogP) is 2.74. The van der Waals surface area contributed by atoms with E-state index in [0.29, 0.717) is 5.56 Å². The molecule has 0 bridgehead atoms. The van der Waals surface area contributed by atoms with Gasteiger partial charge in [0, 0.05) is 7.05 Å². The maximum Gasteiger partial charge on any atom is 0.408 e. The molecule has 3 N–H and O–H groups in total. The summed E-state index contributed by atoms with van der Waals surface area (Å²) in [6.07, 6.45) is 1.66. The Morgan fingerprint density at radius 3 is 2.46 bits per heavy atom. The van der Waals surface area contributed by atoms with Crippen molar-refractivity contribution in [2.45, 2.75) is 12.6 Å². The summed E-state index contributed by atoms with van der Waals surface area (Å²) >= 11 is 0. The molecule has 0 saturated heterocycles. The number of benzene rings is 2. The number of amides is 2. The normalized spacial score (nSPS) is 11.5. The lowest BCUT2D eigenvalue weighted by molar-refractivity contribution is 0.101. The summed E-state index contributed by atoms with van der Waals surface area (Å²) in [5.74, 6) is -1.70. The van der Waals surface area contributed by atoms with Crippen molar-refractivity contribution in [3.8, 4) is 5.75 Å². The van der Waals surface area contributed by atoms with Crippen LogP contribution < -0.4 is 16.2 Å². The molecule has 0 aliphatic heterocycles. The number of carbonyl (C=O) groups excluding carboxylic acids is 2. The van der Waals surface area contributed by atoms with E-state index in [9.17, 15) is 19.5 Å². The Kier molecular flexibility index (Phi) is 6.86. The molecule has 1 atom stereocenters. The van der Waals surface area contributed by atoms with Crippen molar-refractivity contribution in [2.24, 2.45) is 7.05 Å². The molecule has 0 saturated carbocycles. The van der Waals surface area contributed by atoms with Crippen LogP contribution in [0.3, 0.4) is 0 Å². The maximum absolute atomic E-state index is 12.8. The molecular weight excluding hydrogens is 454 g/mol. The van der Waals surface area contributed by atoms with Gasteiger partial charge >= 0.3 is 6.09 Å². The van der Waals surface area contributed by atoms with Crippen LogP contribution in [0.15, 0.2) is 82.4 Å². The van der Waals surface area contributed by atoms with Crippen molar-refractivity contribution in [3.05, 3.63) is 106 Å². The molecule has 2 aromatic heterocycles. The summed E-state index contributed by atoms with van der Waals surface area (Å²) in [5, 5.41) is 18.9. The number of aromatic nitrogens is 3. The van der Waals surface area contributed by atoms with Crippen LogP contribution in [0.5, 0.6) is 5.75 Å². The van der Waals surface area contributed by atoms with Gasteiger partial charge in [-0.1, -0.05) is 65.8 Å². The molecule has 0 aliphatic rings. The van der Waals surface area contributed by atoms with Crippen LogP contribution in [0.1, 0.15) is 33.5 Å². The second kappa shape index (κ2) is 10.3. The molecule has 0 fully saturated rings. The number of nitrogens with zero attached hydrogens (tertiary/aromatic N) is 3. The van der Waals surface area contributed by atoms with Crippen molar-refractivity contribution in [1.82, 2.24) is 20.0 Å². The van der Waals surface area contributed by atoms with E-state index in [1.807, 2.05) is 30.3 Å². The van der Waals surface area contributed by atoms with Crippen molar-refractivity contribution >= 4 is 17.7 Å². The number of nitrogens with one attached hydrogen (secondary N) is 2. The number of alkyl carbamates (subject to hydrolysis) is 1. The summed E-state index contributed by atoms with van der Waals surface area (Å²) in [4.78, 5) is 42.4. The quantitative estimate of drug-likeness (QED) is 0.369. The van der Waals surface area contributed by atoms with Gasteiger partial charge in [0.2, 0.25) is 5.75 Å². The largest absolute Gasteiger partial charge is 0.501 e. The van der Waals surface area contributed by atoms with Gasteiger partial charge in [-0.2, -0.15) is 0 Å². The van der Waals surface area contributed by atoms with Gasteiger partial charge in [0.15, 0.2) is 5.69 Å². The standard InChI is InChI=1S/C24H21N5O6/c1-29-21(27-19(20(30)23(29)32)22(31)26-17-12-25-35-14-17)18(16-10-6-3-7-11-16)28-24(33)34-13-15-8-4-2-5-9-15/h2-12,14,18,30H,13H2,1H3,(H,26,31)(H,28,33). The first-order valence-electron chi connectivity index (χ1n) is 10.5. The molecule has 0 radical (unpaired) electrons. The first-order valence-corrected chi connectivity index (χ1v) is 10.5. The van der Waals surface area contributed by atoms with Gasteiger partial charge in [0.1, 0.15) is 30.4 Å². The van der Waals surface area contributed by atoms with Crippen molar-refractivity contribution in [2.75, 3.05) is 5.32 Å². The minimum absolute atomic E-state index is 0.00568. The highest BCUT2D eigenvalue weighted by atomic mass is 16.5. The Labute approximate surface area is 199 Å². The van der Waals surface area contributed by atoms with Gasteiger partial charge in [0.05, 0.1) is 6.20 Å². The molecule has 4 aromatic rings. The Bertz CT molecular complexity index is 1370. The highest BCUT2D eigenvalue weighted by molar-refractivity contribution is 6.04. The zero-order chi connectivity index (χ0) is 24.8. The van der Waals surface area contributed by atoms with Crippen molar-refractivity contribution in [3.63, 3.8) is 0 Å². The second-order valence-corrected chi connectivity index (χ2v) is 7.45. The first-order chi connectivity index (χ1) is 16.9. The first kappa shape index (κ1) is 23.2. The summed E-state index contributed by atoms with van der Waals surface area (Å²) in [6, 6.07) is 16.9. The Hall–Kier alpha value is -4.93. The molecular formula is C24H21N5O6. The van der Waals surface area contributed by atoms with Gasteiger partial charge in [-0.25, -0.2) is 9.78 Å². The number of ether oxygens (including phenoxy) is 1. The molecule has 35 heavy (non-hydrogen) atoms. The molecule has 2 aromatic carbocycles.